The normalized spacial score (nSPS) is 24.3. The van der Waals surface area contributed by atoms with Crippen LogP contribution in [0.2, 0.25) is 0 Å². The van der Waals surface area contributed by atoms with E-state index in [1.807, 2.05) is 65.5 Å². The topological polar surface area (TPSA) is 101 Å². The van der Waals surface area contributed by atoms with Crippen LogP contribution in [-0.2, 0) is 14.0 Å². The van der Waals surface area contributed by atoms with Crippen LogP contribution in [0, 0.1) is 17.1 Å². The highest BCUT2D eigenvalue weighted by Gasteiger charge is 2.52. The lowest BCUT2D eigenvalue weighted by Gasteiger charge is -2.39. The summed E-state index contributed by atoms with van der Waals surface area (Å²) in [6.45, 7) is 13.3. The molecule has 3 saturated heterocycles. The lowest BCUT2D eigenvalue weighted by molar-refractivity contribution is 0.00578. The molecule has 222 valence electrons. The van der Waals surface area contributed by atoms with Crippen LogP contribution in [0.1, 0.15) is 90.1 Å². The molecule has 10 heteroatoms. The van der Waals surface area contributed by atoms with Crippen molar-refractivity contribution >= 4 is 24.6 Å². The summed E-state index contributed by atoms with van der Waals surface area (Å²) >= 11 is 0. The number of hydrogen-bond acceptors (Lipinski definition) is 6. The molecule has 0 aliphatic carbocycles. The van der Waals surface area contributed by atoms with Gasteiger partial charge in [-0.1, -0.05) is 12.1 Å². The summed E-state index contributed by atoms with van der Waals surface area (Å²) in [4.78, 5) is 28.3. The molecular weight excluding hydrogens is 536 g/mol. The number of ether oxygens (including phenoxy) is 1. The SMILES string of the molecule is CC(C)(C)OC(=O)NC1CC2CCC(C1)N2C(=O)c1ccc(B2OC(C)(C)C(C)(C)O2)c(-c2ccc(C#N)c(F)c2)c1. The van der Waals surface area contributed by atoms with Gasteiger partial charge in [-0.15, -0.1) is 0 Å². The average molecular weight is 575 g/mol. The Balaban J connectivity index is 1.43. The summed E-state index contributed by atoms with van der Waals surface area (Å²) in [5.41, 5.74) is 0.477. The van der Waals surface area contributed by atoms with Crippen molar-refractivity contribution in [3.63, 3.8) is 0 Å². The molecule has 2 atom stereocenters. The number of fused-ring (bicyclic) bond motifs is 2. The third-order valence-electron chi connectivity index (χ3n) is 8.90. The lowest BCUT2D eigenvalue weighted by atomic mass is 9.73. The minimum Gasteiger partial charge on any atom is -0.444 e. The van der Waals surface area contributed by atoms with Gasteiger partial charge >= 0.3 is 13.2 Å². The van der Waals surface area contributed by atoms with E-state index in [1.165, 1.54) is 12.1 Å². The van der Waals surface area contributed by atoms with Gasteiger partial charge in [0.25, 0.3) is 5.91 Å². The zero-order chi connectivity index (χ0) is 30.6. The van der Waals surface area contributed by atoms with Crippen LogP contribution in [-0.4, -0.2) is 58.9 Å². The second-order valence-electron chi connectivity index (χ2n) is 13.6. The third kappa shape index (κ3) is 5.77. The molecule has 3 aliphatic rings. The third-order valence-corrected chi connectivity index (χ3v) is 8.90. The molecule has 42 heavy (non-hydrogen) atoms. The average Bonchev–Trinajstić information content (AvgIpc) is 3.28. The molecule has 2 aromatic carbocycles. The van der Waals surface area contributed by atoms with E-state index in [9.17, 15) is 19.2 Å². The first-order valence-corrected chi connectivity index (χ1v) is 14.6. The number of benzene rings is 2. The summed E-state index contributed by atoms with van der Waals surface area (Å²) in [5.74, 6) is -0.738. The second-order valence-corrected chi connectivity index (χ2v) is 13.6. The monoisotopic (exact) mass is 575 g/mol. The molecule has 5 rings (SSSR count). The maximum atomic E-state index is 14.8. The van der Waals surface area contributed by atoms with Gasteiger partial charge in [0.2, 0.25) is 0 Å². The fourth-order valence-corrected chi connectivity index (χ4v) is 6.14. The molecule has 0 aromatic heterocycles. The van der Waals surface area contributed by atoms with Gasteiger partial charge in [-0.2, -0.15) is 5.26 Å². The number of carbonyl (C=O) groups is 2. The predicted octanol–water partition coefficient (Wildman–Crippen LogP) is 5.32. The molecular formula is C32H39BFN3O5. The quantitative estimate of drug-likeness (QED) is 0.495. The van der Waals surface area contributed by atoms with Crippen molar-refractivity contribution in [1.29, 1.82) is 5.26 Å². The Morgan fingerprint density at radius 3 is 2.21 bits per heavy atom. The molecule has 3 aliphatic heterocycles. The Morgan fingerprint density at radius 1 is 1.05 bits per heavy atom. The highest BCUT2D eigenvalue weighted by molar-refractivity contribution is 6.64. The van der Waals surface area contributed by atoms with Gasteiger partial charge in [-0.25, -0.2) is 9.18 Å². The molecule has 2 unspecified atom stereocenters. The summed E-state index contributed by atoms with van der Waals surface area (Å²) in [6, 6.07) is 11.6. The lowest BCUT2D eigenvalue weighted by Crippen LogP contribution is -2.53. The molecule has 8 nitrogen and oxygen atoms in total. The first-order chi connectivity index (χ1) is 19.6. The van der Waals surface area contributed by atoms with E-state index in [2.05, 4.69) is 5.32 Å². The van der Waals surface area contributed by atoms with Gasteiger partial charge < -0.3 is 24.3 Å². The van der Waals surface area contributed by atoms with Crippen LogP contribution >= 0.6 is 0 Å². The van der Waals surface area contributed by atoms with Gasteiger partial charge in [0.15, 0.2) is 0 Å². The van der Waals surface area contributed by atoms with E-state index in [1.54, 1.807) is 18.2 Å². The van der Waals surface area contributed by atoms with Crippen molar-refractivity contribution in [1.82, 2.24) is 10.2 Å². The minimum atomic E-state index is -0.723. The first kappa shape index (κ1) is 30.1. The van der Waals surface area contributed by atoms with Gasteiger partial charge in [-0.3, -0.25) is 4.79 Å². The predicted molar refractivity (Wildman–Crippen MR) is 158 cm³/mol. The van der Waals surface area contributed by atoms with Gasteiger partial charge in [0, 0.05) is 23.7 Å². The Labute approximate surface area is 247 Å². The summed E-state index contributed by atoms with van der Waals surface area (Å²) in [5, 5.41) is 12.2. The van der Waals surface area contributed by atoms with Crippen molar-refractivity contribution in [3.8, 4) is 17.2 Å². The number of halogens is 1. The van der Waals surface area contributed by atoms with E-state index in [4.69, 9.17) is 14.0 Å². The number of piperidine rings is 1. The largest absolute Gasteiger partial charge is 0.495 e. The smallest absolute Gasteiger partial charge is 0.444 e. The molecule has 2 bridgehead atoms. The van der Waals surface area contributed by atoms with Crippen molar-refractivity contribution in [2.24, 2.45) is 0 Å². The van der Waals surface area contributed by atoms with Crippen molar-refractivity contribution < 1.29 is 28.0 Å². The maximum absolute atomic E-state index is 14.8. The van der Waals surface area contributed by atoms with Crippen molar-refractivity contribution in [2.75, 3.05) is 0 Å². The van der Waals surface area contributed by atoms with E-state index in [-0.39, 0.29) is 29.6 Å². The van der Waals surface area contributed by atoms with Gasteiger partial charge in [0.05, 0.1) is 16.8 Å². The zero-order valence-electron chi connectivity index (χ0n) is 25.4. The van der Waals surface area contributed by atoms with E-state index in [0.717, 1.165) is 12.8 Å². The fraction of sp³-hybridized carbons (Fsp3) is 0.531. The summed E-state index contributed by atoms with van der Waals surface area (Å²) < 4.78 is 32.8. The molecule has 3 heterocycles. The van der Waals surface area contributed by atoms with Gasteiger partial charge in [-0.05, 0) is 115 Å². The number of nitriles is 1. The second kappa shape index (κ2) is 10.7. The molecule has 0 radical (unpaired) electrons. The number of alkyl carbamates (subject to hydrolysis) is 1. The van der Waals surface area contributed by atoms with Gasteiger partial charge in [0.1, 0.15) is 17.5 Å². The van der Waals surface area contributed by atoms with Crippen LogP contribution in [0.25, 0.3) is 11.1 Å². The molecule has 2 aromatic rings. The van der Waals surface area contributed by atoms with Crippen LogP contribution < -0.4 is 10.8 Å². The fourth-order valence-electron chi connectivity index (χ4n) is 6.14. The van der Waals surface area contributed by atoms with Crippen LogP contribution in [0.15, 0.2) is 36.4 Å². The highest BCUT2D eigenvalue weighted by Crippen LogP contribution is 2.39. The Bertz CT molecular complexity index is 1420. The standard InChI is InChI=1S/C32H39BFN3O5/c1-30(2,3)40-29(39)36-22-16-23-11-12-24(17-22)37(23)28(38)20-10-13-26(33-41-31(4,5)32(6,7)42-33)25(14-20)19-8-9-21(18-35)27(34)15-19/h8-10,13-15,22-24H,11-12,16-17H2,1-7H3,(H,36,39). The van der Waals surface area contributed by atoms with Crippen LogP contribution in [0.3, 0.4) is 0 Å². The molecule has 2 amide bonds. The van der Waals surface area contributed by atoms with Crippen LogP contribution in [0.4, 0.5) is 9.18 Å². The number of carbonyl (C=O) groups excluding carboxylic acids is 2. The number of nitrogens with zero attached hydrogens (tertiary/aromatic N) is 2. The highest BCUT2D eigenvalue weighted by atomic mass is 19.1. The minimum absolute atomic E-state index is 0.00485. The molecule has 0 saturated carbocycles. The van der Waals surface area contributed by atoms with Crippen molar-refractivity contribution in [3.05, 3.63) is 53.3 Å². The van der Waals surface area contributed by atoms with E-state index >= 15 is 0 Å². The molecule has 1 N–H and O–H groups in total. The molecule has 0 spiro atoms. The number of amides is 2. The van der Waals surface area contributed by atoms with E-state index < -0.39 is 35.8 Å². The Kier molecular flexibility index (Phi) is 7.65. The molecule has 3 fully saturated rings. The summed E-state index contributed by atoms with van der Waals surface area (Å²) in [6.07, 6.45) is 2.59. The van der Waals surface area contributed by atoms with E-state index in [0.29, 0.717) is 35.0 Å². The van der Waals surface area contributed by atoms with Crippen LogP contribution in [0.5, 0.6) is 0 Å². The number of nitrogens with one attached hydrogen (secondary N) is 1. The van der Waals surface area contributed by atoms with Crippen molar-refractivity contribution in [2.45, 2.75) is 109 Å². The first-order valence-electron chi connectivity index (χ1n) is 14.6. The number of hydrogen-bond donors (Lipinski definition) is 1. The Morgan fingerprint density at radius 2 is 1.67 bits per heavy atom. The maximum Gasteiger partial charge on any atom is 0.495 e. The number of rotatable bonds is 4. The summed E-state index contributed by atoms with van der Waals surface area (Å²) in [7, 11) is -0.723. The Hall–Kier alpha value is -3.42. The zero-order valence-corrected chi connectivity index (χ0v) is 25.4.